The summed E-state index contributed by atoms with van der Waals surface area (Å²) in [6, 6.07) is 4.86. The molecular weight excluding hydrogens is 288 g/mol. The lowest BCUT2D eigenvalue weighted by molar-refractivity contribution is -0.385. The summed E-state index contributed by atoms with van der Waals surface area (Å²) in [5.74, 6) is 0.804. The summed E-state index contributed by atoms with van der Waals surface area (Å²) < 4.78 is 5.67. The van der Waals surface area contributed by atoms with Gasteiger partial charge in [0.05, 0.1) is 12.0 Å². The average Bonchev–Trinajstić information content (AvgIpc) is 2.81. The highest BCUT2D eigenvalue weighted by atomic mass is 32.2. The highest BCUT2D eigenvalue weighted by Gasteiger charge is 2.15. The molecule has 1 heterocycles. The van der Waals surface area contributed by atoms with Crippen LogP contribution < -0.4 is 10.5 Å². The van der Waals surface area contributed by atoms with Crippen molar-refractivity contribution in [2.24, 2.45) is 0 Å². The number of nitro groups is 1. The van der Waals surface area contributed by atoms with E-state index < -0.39 is 4.92 Å². The molecule has 0 atom stereocenters. The molecule has 9 heteroatoms. The molecule has 2 N–H and O–H groups in total. The number of rotatable bonds is 5. The molecule has 0 saturated heterocycles. The van der Waals surface area contributed by atoms with Crippen LogP contribution in [0.3, 0.4) is 0 Å². The molecule has 2 rings (SSSR count). The summed E-state index contributed by atoms with van der Waals surface area (Å²) in [7, 11) is 1.40. The maximum Gasteiger partial charge on any atom is 0.311 e. The van der Waals surface area contributed by atoms with Gasteiger partial charge in [0.2, 0.25) is 5.13 Å². The van der Waals surface area contributed by atoms with Crippen molar-refractivity contribution in [1.29, 1.82) is 0 Å². The van der Waals surface area contributed by atoms with E-state index in [4.69, 9.17) is 10.5 Å². The Kier molecular flexibility index (Phi) is 4.17. The third kappa shape index (κ3) is 3.32. The van der Waals surface area contributed by atoms with Gasteiger partial charge in [0, 0.05) is 11.8 Å². The van der Waals surface area contributed by atoms with E-state index in [2.05, 4.69) is 10.2 Å². The summed E-state index contributed by atoms with van der Waals surface area (Å²) >= 11 is 2.71. The Morgan fingerprint density at radius 1 is 1.53 bits per heavy atom. The molecule has 0 spiro atoms. The summed E-state index contributed by atoms with van der Waals surface area (Å²) in [5, 5.41) is 18.9. The van der Waals surface area contributed by atoms with E-state index in [1.807, 2.05) is 0 Å². The first-order valence-electron chi connectivity index (χ1n) is 5.13. The number of benzene rings is 1. The molecular formula is C10H10N4O3S2. The van der Waals surface area contributed by atoms with Gasteiger partial charge in [0.25, 0.3) is 0 Å². The summed E-state index contributed by atoms with van der Waals surface area (Å²) in [6.45, 7) is 0. The van der Waals surface area contributed by atoms with Crippen molar-refractivity contribution in [3.63, 3.8) is 0 Å². The molecule has 0 radical (unpaired) electrons. The number of hydrogen-bond donors (Lipinski definition) is 1. The fraction of sp³-hybridized carbons (Fsp3) is 0.200. The number of ether oxygens (including phenoxy) is 1. The first kappa shape index (κ1) is 13.6. The number of nitrogen functional groups attached to an aromatic ring is 1. The Bertz CT molecular complexity index is 602. The molecule has 0 bridgehead atoms. The molecule has 0 aliphatic carbocycles. The van der Waals surface area contributed by atoms with Crippen LogP contribution in [0.5, 0.6) is 5.75 Å². The van der Waals surface area contributed by atoms with Crippen molar-refractivity contribution in [3.8, 4) is 5.75 Å². The number of nitrogens with zero attached hydrogens (tertiary/aromatic N) is 3. The third-order valence-electron chi connectivity index (χ3n) is 2.22. The van der Waals surface area contributed by atoms with Crippen LogP contribution in [0.1, 0.15) is 5.56 Å². The molecule has 0 saturated carbocycles. The molecule has 0 aliphatic rings. The number of nitrogens with two attached hydrogens (primary N) is 1. The minimum atomic E-state index is -0.462. The topological polar surface area (TPSA) is 104 Å². The zero-order valence-electron chi connectivity index (χ0n) is 9.90. The van der Waals surface area contributed by atoms with Crippen molar-refractivity contribution in [2.45, 2.75) is 10.1 Å². The van der Waals surface area contributed by atoms with Crippen LogP contribution in [0.25, 0.3) is 0 Å². The zero-order valence-corrected chi connectivity index (χ0v) is 11.5. The van der Waals surface area contributed by atoms with Crippen LogP contribution in [-0.4, -0.2) is 22.2 Å². The van der Waals surface area contributed by atoms with E-state index in [-0.39, 0.29) is 11.4 Å². The third-order valence-corrected chi connectivity index (χ3v) is 4.18. The van der Waals surface area contributed by atoms with E-state index in [1.165, 1.54) is 36.3 Å². The Hall–Kier alpha value is -1.87. The number of thioether (sulfide) groups is 1. The summed E-state index contributed by atoms with van der Waals surface area (Å²) in [6.07, 6.45) is 0. The normalized spacial score (nSPS) is 10.4. The molecule has 0 unspecified atom stereocenters. The van der Waals surface area contributed by atoms with Gasteiger partial charge in [-0.25, -0.2) is 0 Å². The van der Waals surface area contributed by atoms with Crippen molar-refractivity contribution in [2.75, 3.05) is 12.8 Å². The first-order valence-corrected chi connectivity index (χ1v) is 6.93. The lowest BCUT2D eigenvalue weighted by atomic mass is 10.2. The molecule has 19 heavy (non-hydrogen) atoms. The fourth-order valence-corrected chi connectivity index (χ4v) is 2.97. The standard InChI is InChI=1S/C10H10N4O3S2/c1-17-8-3-2-6(4-7(8)14(15)16)5-18-10-13-12-9(11)19-10/h2-4H,5H2,1H3,(H2,11,12). The average molecular weight is 298 g/mol. The predicted molar refractivity (Wildman–Crippen MR) is 73.5 cm³/mol. The lowest BCUT2D eigenvalue weighted by Gasteiger charge is -2.03. The van der Waals surface area contributed by atoms with Gasteiger partial charge >= 0.3 is 5.69 Å². The molecule has 1 aromatic carbocycles. The number of nitro benzene ring substituents is 1. The Morgan fingerprint density at radius 2 is 2.32 bits per heavy atom. The number of methoxy groups -OCH3 is 1. The minimum absolute atomic E-state index is 0.0441. The largest absolute Gasteiger partial charge is 0.490 e. The predicted octanol–water partition coefficient (Wildman–Crippen LogP) is 2.33. The van der Waals surface area contributed by atoms with Gasteiger partial charge in [0.1, 0.15) is 0 Å². The fourth-order valence-electron chi connectivity index (χ4n) is 1.39. The quantitative estimate of drug-likeness (QED) is 0.513. The Balaban J connectivity index is 2.12. The van der Waals surface area contributed by atoms with Crippen molar-refractivity contribution >= 4 is 33.9 Å². The summed E-state index contributed by atoms with van der Waals surface area (Å²) in [4.78, 5) is 10.4. The molecule has 7 nitrogen and oxygen atoms in total. The van der Waals surface area contributed by atoms with Crippen LogP contribution >= 0.6 is 23.1 Å². The van der Waals surface area contributed by atoms with Gasteiger partial charge in [0.15, 0.2) is 10.1 Å². The van der Waals surface area contributed by atoms with E-state index in [9.17, 15) is 10.1 Å². The summed E-state index contributed by atoms with van der Waals surface area (Å²) in [5.41, 5.74) is 6.24. The Morgan fingerprint density at radius 3 is 2.89 bits per heavy atom. The van der Waals surface area contributed by atoms with E-state index >= 15 is 0 Å². The molecule has 1 aromatic heterocycles. The van der Waals surface area contributed by atoms with Gasteiger partial charge in [-0.1, -0.05) is 29.2 Å². The second kappa shape index (κ2) is 5.85. The molecule has 0 aliphatic heterocycles. The van der Waals surface area contributed by atoms with E-state index in [1.54, 1.807) is 12.1 Å². The molecule has 2 aromatic rings. The highest BCUT2D eigenvalue weighted by Crippen LogP contribution is 2.31. The lowest BCUT2D eigenvalue weighted by Crippen LogP contribution is -1.95. The number of aromatic nitrogens is 2. The minimum Gasteiger partial charge on any atom is -0.490 e. The van der Waals surface area contributed by atoms with Crippen LogP contribution in [0.15, 0.2) is 22.5 Å². The van der Waals surface area contributed by atoms with Crippen LogP contribution in [0.2, 0.25) is 0 Å². The Labute approximate surface area is 116 Å². The second-order valence-corrected chi connectivity index (χ2v) is 5.69. The smallest absolute Gasteiger partial charge is 0.311 e. The van der Waals surface area contributed by atoms with Crippen molar-refractivity contribution < 1.29 is 9.66 Å². The van der Waals surface area contributed by atoms with E-state index in [0.717, 1.165) is 9.90 Å². The van der Waals surface area contributed by atoms with Crippen LogP contribution in [0.4, 0.5) is 10.8 Å². The first-order chi connectivity index (χ1) is 9.10. The zero-order chi connectivity index (χ0) is 13.8. The van der Waals surface area contributed by atoms with Gasteiger partial charge in [-0.15, -0.1) is 10.2 Å². The van der Waals surface area contributed by atoms with Crippen LogP contribution in [0, 0.1) is 10.1 Å². The van der Waals surface area contributed by atoms with Gasteiger partial charge in [-0.05, 0) is 11.6 Å². The SMILES string of the molecule is COc1ccc(CSc2nnc(N)s2)cc1[N+](=O)[O-]. The van der Waals surface area contributed by atoms with Crippen LogP contribution in [-0.2, 0) is 5.75 Å². The number of hydrogen-bond acceptors (Lipinski definition) is 8. The molecule has 0 fully saturated rings. The van der Waals surface area contributed by atoms with Gasteiger partial charge in [-0.3, -0.25) is 10.1 Å². The maximum atomic E-state index is 10.9. The molecule has 100 valence electrons. The van der Waals surface area contributed by atoms with Crippen molar-refractivity contribution in [3.05, 3.63) is 33.9 Å². The maximum absolute atomic E-state index is 10.9. The van der Waals surface area contributed by atoms with Gasteiger partial charge in [-0.2, -0.15) is 0 Å². The molecule has 0 amide bonds. The number of anilines is 1. The second-order valence-electron chi connectivity index (χ2n) is 3.46. The van der Waals surface area contributed by atoms with E-state index in [0.29, 0.717) is 10.9 Å². The van der Waals surface area contributed by atoms with Gasteiger partial charge < -0.3 is 10.5 Å². The monoisotopic (exact) mass is 298 g/mol. The van der Waals surface area contributed by atoms with Crippen molar-refractivity contribution in [1.82, 2.24) is 10.2 Å². The highest BCUT2D eigenvalue weighted by molar-refractivity contribution is 8.00.